The quantitative estimate of drug-likeness (QED) is 0.898. The van der Waals surface area contributed by atoms with Crippen molar-refractivity contribution in [3.63, 3.8) is 0 Å². The molecule has 0 saturated carbocycles. The van der Waals surface area contributed by atoms with Crippen LogP contribution in [0.1, 0.15) is 16.9 Å². The third-order valence-electron chi connectivity index (χ3n) is 3.62. The minimum Gasteiger partial charge on any atom is -0.311 e. The third kappa shape index (κ3) is 3.54. The number of nitrogens with zero attached hydrogens (tertiary/aromatic N) is 1. The SMILES string of the molecule is O=C(CNCc1ccc(Br)s1)N1CCCc2ccccc21. The molecule has 5 heteroatoms. The maximum atomic E-state index is 12.4. The Labute approximate surface area is 137 Å². The molecule has 2 aromatic rings. The second-order valence-electron chi connectivity index (χ2n) is 5.09. The van der Waals surface area contributed by atoms with Gasteiger partial charge in [-0.25, -0.2) is 0 Å². The molecule has 1 aromatic carbocycles. The molecule has 1 N–H and O–H groups in total. The molecule has 0 spiro atoms. The maximum Gasteiger partial charge on any atom is 0.240 e. The van der Waals surface area contributed by atoms with Crippen molar-refractivity contribution in [2.75, 3.05) is 18.0 Å². The maximum absolute atomic E-state index is 12.4. The van der Waals surface area contributed by atoms with Crippen LogP contribution in [0.15, 0.2) is 40.2 Å². The number of aryl methyl sites for hydroxylation is 1. The van der Waals surface area contributed by atoms with Crippen LogP contribution < -0.4 is 10.2 Å². The minimum atomic E-state index is 0.151. The number of carbonyl (C=O) groups is 1. The van der Waals surface area contributed by atoms with Gasteiger partial charge in [-0.1, -0.05) is 18.2 Å². The Bertz CT molecular complexity index is 641. The lowest BCUT2D eigenvalue weighted by Gasteiger charge is -2.29. The first-order valence-corrected chi connectivity index (χ1v) is 8.68. The van der Waals surface area contributed by atoms with Gasteiger partial charge in [-0.15, -0.1) is 11.3 Å². The largest absolute Gasteiger partial charge is 0.311 e. The standard InChI is InChI=1S/C16H17BrN2OS/c17-15-8-7-13(21-15)10-18-11-16(20)19-9-3-5-12-4-1-2-6-14(12)19/h1-2,4,6-8,18H,3,5,9-11H2. The van der Waals surface area contributed by atoms with Crippen LogP contribution in [0.4, 0.5) is 5.69 Å². The highest BCUT2D eigenvalue weighted by molar-refractivity contribution is 9.11. The first-order valence-electron chi connectivity index (χ1n) is 7.07. The van der Waals surface area contributed by atoms with Gasteiger partial charge in [0.05, 0.1) is 10.3 Å². The van der Waals surface area contributed by atoms with Gasteiger partial charge >= 0.3 is 0 Å². The number of rotatable bonds is 4. The molecule has 3 nitrogen and oxygen atoms in total. The number of carbonyl (C=O) groups excluding carboxylic acids is 1. The number of fused-ring (bicyclic) bond motifs is 1. The Kier molecular flexibility index (Phi) is 4.73. The monoisotopic (exact) mass is 364 g/mol. The van der Waals surface area contributed by atoms with Gasteiger partial charge in [-0.2, -0.15) is 0 Å². The van der Waals surface area contributed by atoms with Gasteiger partial charge in [0.1, 0.15) is 0 Å². The number of thiophene rings is 1. The van der Waals surface area contributed by atoms with E-state index in [1.807, 2.05) is 29.2 Å². The number of hydrogen-bond donors (Lipinski definition) is 1. The van der Waals surface area contributed by atoms with Crippen LogP contribution in [-0.4, -0.2) is 19.0 Å². The van der Waals surface area contributed by atoms with E-state index < -0.39 is 0 Å². The van der Waals surface area contributed by atoms with E-state index in [1.165, 1.54) is 10.4 Å². The van der Waals surface area contributed by atoms with Crippen LogP contribution in [0, 0.1) is 0 Å². The lowest BCUT2D eigenvalue weighted by Crippen LogP contribution is -2.40. The second-order valence-corrected chi connectivity index (χ2v) is 7.63. The summed E-state index contributed by atoms with van der Waals surface area (Å²) < 4.78 is 1.12. The lowest BCUT2D eigenvalue weighted by molar-refractivity contribution is -0.117. The van der Waals surface area contributed by atoms with Crippen molar-refractivity contribution in [3.05, 3.63) is 50.6 Å². The fourth-order valence-electron chi connectivity index (χ4n) is 2.63. The van der Waals surface area contributed by atoms with Gasteiger partial charge in [0.25, 0.3) is 0 Å². The topological polar surface area (TPSA) is 32.3 Å². The number of hydrogen-bond acceptors (Lipinski definition) is 3. The van der Waals surface area contributed by atoms with Gasteiger partial charge in [0.2, 0.25) is 5.91 Å². The molecule has 1 aliphatic rings. The van der Waals surface area contributed by atoms with Crippen LogP contribution in [0.25, 0.3) is 0 Å². The van der Waals surface area contributed by atoms with Crippen LogP contribution in [0.2, 0.25) is 0 Å². The van der Waals surface area contributed by atoms with E-state index in [-0.39, 0.29) is 5.91 Å². The molecule has 0 aliphatic carbocycles. The van der Waals surface area contributed by atoms with Crippen LogP contribution in [0.3, 0.4) is 0 Å². The average molecular weight is 365 g/mol. The molecule has 0 atom stereocenters. The normalized spacial score (nSPS) is 14.0. The summed E-state index contributed by atoms with van der Waals surface area (Å²) in [5.41, 5.74) is 2.36. The van der Waals surface area contributed by atoms with E-state index in [4.69, 9.17) is 0 Å². The summed E-state index contributed by atoms with van der Waals surface area (Å²) in [7, 11) is 0. The summed E-state index contributed by atoms with van der Waals surface area (Å²) in [6, 6.07) is 12.3. The van der Waals surface area contributed by atoms with Crippen LogP contribution in [0.5, 0.6) is 0 Å². The van der Waals surface area contributed by atoms with Gasteiger partial charge in [-0.3, -0.25) is 4.79 Å². The number of amides is 1. The van der Waals surface area contributed by atoms with Crippen molar-refractivity contribution in [1.29, 1.82) is 0 Å². The molecule has 0 saturated heterocycles. The Morgan fingerprint density at radius 3 is 2.95 bits per heavy atom. The number of benzene rings is 1. The molecule has 3 rings (SSSR count). The summed E-state index contributed by atoms with van der Waals surface area (Å²) in [5.74, 6) is 0.151. The molecule has 1 aliphatic heterocycles. The molecule has 0 radical (unpaired) electrons. The van der Waals surface area contributed by atoms with Crippen LogP contribution in [-0.2, 0) is 17.8 Å². The van der Waals surface area contributed by atoms with Crippen molar-refractivity contribution in [3.8, 4) is 0 Å². The summed E-state index contributed by atoms with van der Waals surface area (Å²) >= 11 is 5.14. The van der Waals surface area contributed by atoms with Crippen molar-refractivity contribution in [2.24, 2.45) is 0 Å². The molecular formula is C16H17BrN2OS. The van der Waals surface area contributed by atoms with Gasteiger partial charge in [-0.05, 0) is 52.5 Å². The van der Waals surface area contributed by atoms with Crippen molar-refractivity contribution in [2.45, 2.75) is 19.4 Å². The fourth-order valence-corrected chi connectivity index (χ4v) is 4.08. The average Bonchev–Trinajstić information content (AvgIpc) is 2.92. The second kappa shape index (κ2) is 6.73. The minimum absolute atomic E-state index is 0.151. The summed E-state index contributed by atoms with van der Waals surface area (Å²) in [6.45, 7) is 1.93. The highest BCUT2D eigenvalue weighted by atomic mass is 79.9. The predicted molar refractivity (Wildman–Crippen MR) is 90.8 cm³/mol. The van der Waals surface area contributed by atoms with Crippen molar-refractivity contribution >= 4 is 38.9 Å². The summed E-state index contributed by atoms with van der Waals surface area (Å²) in [5, 5.41) is 3.24. The van der Waals surface area contributed by atoms with Crippen molar-refractivity contribution < 1.29 is 4.79 Å². The molecule has 1 amide bonds. The van der Waals surface area contributed by atoms with E-state index in [0.29, 0.717) is 6.54 Å². The smallest absolute Gasteiger partial charge is 0.240 e. The van der Waals surface area contributed by atoms with Gasteiger partial charge < -0.3 is 10.2 Å². The van der Waals surface area contributed by atoms with Crippen LogP contribution >= 0.6 is 27.3 Å². The van der Waals surface area contributed by atoms with E-state index >= 15 is 0 Å². The first kappa shape index (κ1) is 14.8. The molecule has 0 fully saturated rings. The first-order chi connectivity index (χ1) is 10.2. The van der Waals surface area contributed by atoms with E-state index in [9.17, 15) is 4.79 Å². The predicted octanol–water partition coefficient (Wildman–Crippen LogP) is 3.58. The molecule has 2 heterocycles. The van der Waals surface area contributed by atoms with E-state index in [2.05, 4.69) is 33.4 Å². The summed E-state index contributed by atoms with van der Waals surface area (Å²) in [4.78, 5) is 15.6. The molecular weight excluding hydrogens is 348 g/mol. The number of halogens is 1. The highest BCUT2D eigenvalue weighted by Crippen LogP contribution is 2.26. The molecule has 0 unspecified atom stereocenters. The molecule has 1 aromatic heterocycles. The molecule has 0 bridgehead atoms. The number of anilines is 1. The highest BCUT2D eigenvalue weighted by Gasteiger charge is 2.21. The number of nitrogens with one attached hydrogen (secondary N) is 1. The Balaban J connectivity index is 1.59. The molecule has 21 heavy (non-hydrogen) atoms. The Morgan fingerprint density at radius 1 is 1.29 bits per heavy atom. The third-order valence-corrected chi connectivity index (χ3v) is 5.24. The Morgan fingerprint density at radius 2 is 2.14 bits per heavy atom. The zero-order chi connectivity index (χ0) is 14.7. The van der Waals surface area contributed by atoms with Gasteiger partial charge in [0.15, 0.2) is 0 Å². The number of para-hydroxylation sites is 1. The lowest BCUT2D eigenvalue weighted by atomic mass is 10.0. The molecule has 110 valence electrons. The van der Waals surface area contributed by atoms with Crippen molar-refractivity contribution in [1.82, 2.24) is 5.32 Å². The van der Waals surface area contributed by atoms with E-state index in [1.54, 1.807) is 11.3 Å². The fraction of sp³-hybridized carbons (Fsp3) is 0.312. The summed E-state index contributed by atoms with van der Waals surface area (Å²) in [6.07, 6.45) is 2.11. The zero-order valence-corrected chi connectivity index (χ0v) is 14.0. The van der Waals surface area contributed by atoms with E-state index in [0.717, 1.165) is 35.4 Å². The Hall–Kier alpha value is -1.17. The zero-order valence-electron chi connectivity index (χ0n) is 11.6. The van der Waals surface area contributed by atoms with Gasteiger partial charge in [0, 0.05) is 23.7 Å².